The standard InChI is InChI=1S/C14H22N2O.ClH/c15-9-3-5-12-4-1-2-6-14(12)16-10-7-13(17)8-11-16;/h1-2,4,6,13,17H,3,5,7-11,15H2;1H. The van der Waals surface area contributed by atoms with Crippen molar-refractivity contribution in [2.45, 2.75) is 31.8 Å². The SMILES string of the molecule is Cl.NCCCc1ccccc1N1CCC(O)CC1. The fraction of sp³-hybridized carbons (Fsp3) is 0.571. The van der Waals surface area contributed by atoms with E-state index in [0.29, 0.717) is 0 Å². The van der Waals surface area contributed by atoms with Gasteiger partial charge < -0.3 is 15.7 Å². The molecule has 1 saturated heterocycles. The monoisotopic (exact) mass is 270 g/mol. The molecule has 0 amide bonds. The molecule has 0 bridgehead atoms. The molecule has 2 rings (SSSR count). The second-order valence-electron chi connectivity index (χ2n) is 4.74. The lowest BCUT2D eigenvalue weighted by Gasteiger charge is -2.33. The summed E-state index contributed by atoms with van der Waals surface area (Å²) in [6, 6.07) is 8.56. The summed E-state index contributed by atoms with van der Waals surface area (Å²) in [4.78, 5) is 2.39. The number of nitrogens with zero attached hydrogens (tertiary/aromatic N) is 1. The van der Waals surface area contributed by atoms with Crippen LogP contribution in [0.3, 0.4) is 0 Å². The quantitative estimate of drug-likeness (QED) is 0.879. The molecule has 3 N–H and O–H groups in total. The number of hydrogen-bond acceptors (Lipinski definition) is 3. The summed E-state index contributed by atoms with van der Waals surface area (Å²) in [6.45, 7) is 2.66. The normalized spacial score (nSPS) is 16.4. The van der Waals surface area contributed by atoms with Crippen LogP contribution in [0.5, 0.6) is 0 Å². The number of halogens is 1. The number of nitrogens with two attached hydrogens (primary N) is 1. The van der Waals surface area contributed by atoms with E-state index in [4.69, 9.17) is 5.73 Å². The molecule has 102 valence electrons. The third kappa shape index (κ3) is 3.87. The molecule has 0 atom stereocenters. The van der Waals surface area contributed by atoms with Crippen LogP contribution in [0.4, 0.5) is 5.69 Å². The van der Waals surface area contributed by atoms with E-state index in [0.717, 1.165) is 45.3 Å². The van der Waals surface area contributed by atoms with Crippen molar-refractivity contribution >= 4 is 18.1 Å². The van der Waals surface area contributed by atoms with Gasteiger partial charge in [0.25, 0.3) is 0 Å². The van der Waals surface area contributed by atoms with Gasteiger partial charge in [-0.25, -0.2) is 0 Å². The van der Waals surface area contributed by atoms with Gasteiger partial charge in [0, 0.05) is 18.8 Å². The predicted molar refractivity (Wildman–Crippen MR) is 78.5 cm³/mol. The van der Waals surface area contributed by atoms with E-state index in [9.17, 15) is 5.11 Å². The van der Waals surface area contributed by atoms with Crippen molar-refractivity contribution in [3.05, 3.63) is 29.8 Å². The number of aryl methyl sites for hydroxylation is 1. The first-order valence-corrected chi connectivity index (χ1v) is 6.52. The van der Waals surface area contributed by atoms with Gasteiger partial charge in [0.2, 0.25) is 0 Å². The molecular weight excluding hydrogens is 248 g/mol. The molecule has 1 aromatic carbocycles. The molecule has 0 radical (unpaired) electrons. The number of benzene rings is 1. The summed E-state index contributed by atoms with van der Waals surface area (Å²) in [6.07, 6.45) is 3.73. The largest absolute Gasteiger partial charge is 0.393 e. The maximum atomic E-state index is 9.54. The molecule has 1 heterocycles. The van der Waals surface area contributed by atoms with Crippen molar-refractivity contribution in [2.75, 3.05) is 24.5 Å². The summed E-state index contributed by atoms with van der Waals surface area (Å²) in [5.74, 6) is 0. The molecule has 0 unspecified atom stereocenters. The lowest BCUT2D eigenvalue weighted by atomic mass is 10.0. The number of aliphatic hydroxyl groups is 1. The Morgan fingerprint density at radius 2 is 1.89 bits per heavy atom. The molecule has 0 spiro atoms. The highest BCUT2D eigenvalue weighted by molar-refractivity contribution is 5.85. The first kappa shape index (κ1) is 15.3. The number of aliphatic hydroxyl groups excluding tert-OH is 1. The van der Waals surface area contributed by atoms with Crippen LogP contribution < -0.4 is 10.6 Å². The highest BCUT2D eigenvalue weighted by Gasteiger charge is 2.18. The third-order valence-corrected chi connectivity index (χ3v) is 3.45. The molecule has 1 aliphatic rings. The van der Waals surface area contributed by atoms with Crippen molar-refractivity contribution in [2.24, 2.45) is 5.73 Å². The highest BCUT2D eigenvalue weighted by Crippen LogP contribution is 2.25. The molecule has 1 fully saturated rings. The molecule has 4 heteroatoms. The van der Waals surface area contributed by atoms with Crippen LogP contribution >= 0.6 is 12.4 Å². The Morgan fingerprint density at radius 1 is 1.22 bits per heavy atom. The van der Waals surface area contributed by atoms with E-state index in [2.05, 4.69) is 29.2 Å². The Bertz CT molecular complexity index is 351. The Balaban J connectivity index is 0.00000162. The maximum absolute atomic E-state index is 9.54. The van der Waals surface area contributed by atoms with Gasteiger partial charge in [-0.1, -0.05) is 18.2 Å². The van der Waals surface area contributed by atoms with Crippen LogP contribution in [-0.2, 0) is 6.42 Å². The zero-order chi connectivity index (χ0) is 12.1. The fourth-order valence-corrected chi connectivity index (χ4v) is 2.43. The van der Waals surface area contributed by atoms with Crippen LogP contribution in [0.25, 0.3) is 0 Å². The van der Waals surface area contributed by atoms with Crippen molar-refractivity contribution < 1.29 is 5.11 Å². The molecule has 0 aliphatic carbocycles. The van der Waals surface area contributed by atoms with Gasteiger partial charge in [0.05, 0.1) is 6.10 Å². The van der Waals surface area contributed by atoms with Gasteiger partial charge in [-0.3, -0.25) is 0 Å². The lowest BCUT2D eigenvalue weighted by Crippen LogP contribution is -2.36. The van der Waals surface area contributed by atoms with E-state index in [1.165, 1.54) is 11.3 Å². The highest BCUT2D eigenvalue weighted by atomic mass is 35.5. The van der Waals surface area contributed by atoms with Gasteiger partial charge >= 0.3 is 0 Å². The van der Waals surface area contributed by atoms with Crippen LogP contribution in [0, 0.1) is 0 Å². The summed E-state index contributed by atoms with van der Waals surface area (Å²) >= 11 is 0. The molecule has 0 aromatic heterocycles. The minimum Gasteiger partial charge on any atom is -0.393 e. The third-order valence-electron chi connectivity index (χ3n) is 3.45. The maximum Gasteiger partial charge on any atom is 0.0574 e. The van der Waals surface area contributed by atoms with Gasteiger partial charge in [-0.15, -0.1) is 12.4 Å². The smallest absolute Gasteiger partial charge is 0.0574 e. The molecule has 3 nitrogen and oxygen atoms in total. The second kappa shape index (κ2) is 7.62. The van der Waals surface area contributed by atoms with Gasteiger partial charge in [-0.2, -0.15) is 0 Å². The fourth-order valence-electron chi connectivity index (χ4n) is 2.43. The number of piperidine rings is 1. The van der Waals surface area contributed by atoms with E-state index < -0.39 is 0 Å². The molecule has 0 saturated carbocycles. The molecular formula is C14H23ClN2O. The number of rotatable bonds is 4. The van der Waals surface area contributed by atoms with Crippen LogP contribution in [0.15, 0.2) is 24.3 Å². The average Bonchev–Trinajstić information content (AvgIpc) is 2.38. The minimum atomic E-state index is -0.109. The van der Waals surface area contributed by atoms with Crippen molar-refractivity contribution in [1.29, 1.82) is 0 Å². The van der Waals surface area contributed by atoms with Gasteiger partial charge in [-0.05, 0) is 43.9 Å². The first-order chi connectivity index (χ1) is 8.31. The van der Waals surface area contributed by atoms with E-state index in [1.807, 2.05) is 0 Å². The van der Waals surface area contributed by atoms with Crippen molar-refractivity contribution in [3.63, 3.8) is 0 Å². The van der Waals surface area contributed by atoms with Crippen LogP contribution in [0.1, 0.15) is 24.8 Å². The Hall–Kier alpha value is -0.770. The number of para-hydroxylation sites is 1. The Kier molecular flexibility index (Phi) is 6.47. The zero-order valence-electron chi connectivity index (χ0n) is 10.7. The van der Waals surface area contributed by atoms with Crippen molar-refractivity contribution in [3.8, 4) is 0 Å². The average molecular weight is 271 g/mol. The summed E-state index contributed by atoms with van der Waals surface area (Å²) in [5, 5.41) is 9.54. The number of anilines is 1. The van der Waals surface area contributed by atoms with Crippen LogP contribution in [0.2, 0.25) is 0 Å². The summed E-state index contributed by atoms with van der Waals surface area (Å²) < 4.78 is 0. The van der Waals surface area contributed by atoms with E-state index in [-0.39, 0.29) is 18.5 Å². The molecule has 1 aromatic rings. The van der Waals surface area contributed by atoms with Gasteiger partial charge in [0.1, 0.15) is 0 Å². The number of hydrogen-bond donors (Lipinski definition) is 2. The topological polar surface area (TPSA) is 49.5 Å². The zero-order valence-corrected chi connectivity index (χ0v) is 11.5. The Labute approximate surface area is 115 Å². The van der Waals surface area contributed by atoms with Crippen molar-refractivity contribution in [1.82, 2.24) is 0 Å². The lowest BCUT2D eigenvalue weighted by molar-refractivity contribution is 0.145. The molecule has 18 heavy (non-hydrogen) atoms. The first-order valence-electron chi connectivity index (χ1n) is 6.52. The van der Waals surface area contributed by atoms with E-state index in [1.54, 1.807) is 0 Å². The second-order valence-corrected chi connectivity index (χ2v) is 4.74. The van der Waals surface area contributed by atoms with Gasteiger partial charge in [0.15, 0.2) is 0 Å². The predicted octanol–water partition coefficient (Wildman–Crippen LogP) is 1.96. The summed E-state index contributed by atoms with van der Waals surface area (Å²) in [5.41, 5.74) is 8.29. The molecule has 1 aliphatic heterocycles. The minimum absolute atomic E-state index is 0. The van der Waals surface area contributed by atoms with E-state index >= 15 is 0 Å². The van der Waals surface area contributed by atoms with Crippen LogP contribution in [-0.4, -0.2) is 30.8 Å². The Morgan fingerprint density at radius 3 is 2.56 bits per heavy atom. The summed E-state index contributed by atoms with van der Waals surface area (Å²) in [7, 11) is 0.